The number of nitrogens with zero attached hydrogens (tertiary/aromatic N) is 2. The van der Waals surface area contributed by atoms with Gasteiger partial charge < -0.3 is 20.1 Å². The van der Waals surface area contributed by atoms with Gasteiger partial charge >= 0.3 is 0 Å². The molecule has 1 aliphatic heterocycles. The second kappa shape index (κ2) is 11.4. The Balaban J connectivity index is 1.47. The smallest absolute Gasteiger partial charge is 0.265 e. The number of rotatable bonds is 9. The molecule has 0 saturated carbocycles. The summed E-state index contributed by atoms with van der Waals surface area (Å²) in [6.07, 6.45) is 2.24. The zero-order chi connectivity index (χ0) is 27.5. The summed E-state index contributed by atoms with van der Waals surface area (Å²) in [6, 6.07) is 16.1. The summed E-state index contributed by atoms with van der Waals surface area (Å²) in [5.41, 5.74) is 0.710. The van der Waals surface area contributed by atoms with Crippen molar-refractivity contribution in [2.45, 2.75) is 31.8 Å². The van der Waals surface area contributed by atoms with Crippen LogP contribution in [0.2, 0.25) is 0 Å². The fourth-order valence-electron chi connectivity index (χ4n) is 5.29. The number of carbonyl (C=O) groups excluding carboxylic acids is 3. The van der Waals surface area contributed by atoms with Crippen molar-refractivity contribution in [3.8, 4) is 5.75 Å². The summed E-state index contributed by atoms with van der Waals surface area (Å²) in [5.74, 6) is -0.692. The van der Waals surface area contributed by atoms with Gasteiger partial charge in [-0.1, -0.05) is 48.5 Å². The number of hydrogen-bond acceptors (Lipinski definition) is 7. The van der Waals surface area contributed by atoms with Crippen LogP contribution in [0, 0.1) is 0 Å². The lowest BCUT2D eigenvalue weighted by Gasteiger charge is -2.24. The molecular formula is C29H29N3O6S. The molecule has 3 heterocycles. The van der Waals surface area contributed by atoms with Crippen LogP contribution in [0.3, 0.4) is 0 Å². The molecule has 2 N–H and O–H groups in total. The van der Waals surface area contributed by atoms with Crippen LogP contribution in [-0.2, 0) is 11.3 Å². The Morgan fingerprint density at radius 3 is 2.59 bits per heavy atom. The van der Waals surface area contributed by atoms with Gasteiger partial charge in [0.05, 0.1) is 23.9 Å². The number of fused-ring (bicyclic) bond motifs is 3. The third-order valence-electron chi connectivity index (χ3n) is 7.17. The first-order chi connectivity index (χ1) is 18.9. The Morgan fingerprint density at radius 2 is 1.85 bits per heavy atom. The molecule has 1 unspecified atom stereocenters. The molecule has 5 rings (SSSR count). The van der Waals surface area contributed by atoms with E-state index in [1.54, 1.807) is 35.2 Å². The summed E-state index contributed by atoms with van der Waals surface area (Å²) in [7, 11) is 1.42. The number of aliphatic hydroxyl groups excluding tert-OH is 1. The first kappa shape index (κ1) is 26.6. The molecule has 2 aromatic heterocycles. The molecule has 1 aliphatic rings. The second-order valence-corrected chi connectivity index (χ2v) is 10.5. The molecule has 2 aromatic carbocycles. The molecule has 1 atom stereocenters. The molecule has 4 aromatic rings. The van der Waals surface area contributed by atoms with Crippen LogP contribution < -0.4 is 15.6 Å². The van der Waals surface area contributed by atoms with E-state index in [0.717, 1.165) is 18.2 Å². The fraction of sp³-hybridized carbons (Fsp3) is 0.310. The monoisotopic (exact) mass is 547 g/mol. The van der Waals surface area contributed by atoms with Crippen molar-refractivity contribution in [3.63, 3.8) is 0 Å². The lowest BCUT2D eigenvalue weighted by atomic mass is 10.1. The average molecular weight is 548 g/mol. The summed E-state index contributed by atoms with van der Waals surface area (Å²) >= 11 is 1.18. The highest BCUT2D eigenvalue weighted by Gasteiger charge is 2.29. The quantitative estimate of drug-likeness (QED) is 0.311. The molecule has 9 nitrogen and oxygen atoms in total. The van der Waals surface area contributed by atoms with Crippen molar-refractivity contribution in [2.75, 3.05) is 26.8 Å². The highest BCUT2D eigenvalue weighted by atomic mass is 32.1. The Bertz CT molecular complexity index is 1610. The predicted octanol–water partition coefficient (Wildman–Crippen LogP) is 3.21. The van der Waals surface area contributed by atoms with Crippen molar-refractivity contribution in [2.24, 2.45) is 0 Å². The molecule has 39 heavy (non-hydrogen) atoms. The van der Waals surface area contributed by atoms with E-state index >= 15 is 0 Å². The van der Waals surface area contributed by atoms with Crippen LogP contribution in [0.5, 0.6) is 5.75 Å². The van der Waals surface area contributed by atoms with E-state index in [-0.39, 0.29) is 46.2 Å². The normalized spacial score (nSPS) is 15.1. The van der Waals surface area contributed by atoms with Crippen molar-refractivity contribution >= 4 is 49.9 Å². The van der Waals surface area contributed by atoms with E-state index in [2.05, 4.69) is 5.32 Å². The van der Waals surface area contributed by atoms with Gasteiger partial charge in [0.1, 0.15) is 16.9 Å². The maximum absolute atomic E-state index is 13.8. The van der Waals surface area contributed by atoms with E-state index in [0.29, 0.717) is 35.3 Å². The number of ether oxygens (including phenoxy) is 1. The number of pyridine rings is 1. The molecule has 10 heteroatoms. The van der Waals surface area contributed by atoms with Gasteiger partial charge in [-0.25, -0.2) is 0 Å². The van der Waals surface area contributed by atoms with Crippen LogP contribution in [0.1, 0.15) is 39.3 Å². The number of amides is 2. The minimum absolute atomic E-state index is 0.0347. The number of likely N-dealkylation sites (tertiary alicyclic amines) is 1. The van der Waals surface area contributed by atoms with Gasteiger partial charge in [0.25, 0.3) is 11.5 Å². The number of aliphatic hydroxyl groups is 1. The second-order valence-electron chi connectivity index (χ2n) is 9.45. The molecular weight excluding hydrogens is 518 g/mol. The lowest BCUT2D eigenvalue weighted by molar-refractivity contribution is -0.135. The number of methoxy groups -OCH3 is 1. The van der Waals surface area contributed by atoms with E-state index in [1.807, 2.05) is 24.3 Å². The number of ketones is 1. The minimum atomic E-state index is -0.524. The fourth-order valence-corrected chi connectivity index (χ4v) is 6.50. The van der Waals surface area contributed by atoms with Crippen molar-refractivity contribution in [1.29, 1.82) is 0 Å². The van der Waals surface area contributed by atoms with Gasteiger partial charge in [-0.3, -0.25) is 23.7 Å². The Labute approximate surface area is 228 Å². The van der Waals surface area contributed by atoms with Gasteiger partial charge in [0, 0.05) is 30.1 Å². The highest BCUT2D eigenvalue weighted by molar-refractivity contribution is 7.22. The minimum Gasteiger partial charge on any atom is -0.494 e. The van der Waals surface area contributed by atoms with Gasteiger partial charge in [-0.05, 0) is 25.3 Å². The zero-order valence-corrected chi connectivity index (χ0v) is 22.3. The van der Waals surface area contributed by atoms with Crippen LogP contribution >= 0.6 is 11.3 Å². The molecule has 0 spiro atoms. The Kier molecular flexibility index (Phi) is 7.76. The Morgan fingerprint density at radius 1 is 1.10 bits per heavy atom. The van der Waals surface area contributed by atoms with E-state index in [4.69, 9.17) is 4.74 Å². The highest BCUT2D eigenvalue weighted by Crippen LogP contribution is 2.39. The summed E-state index contributed by atoms with van der Waals surface area (Å²) in [5, 5.41) is 13.1. The van der Waals surface area contributed by atoms with Crippen LogP contribution in [0.4, 0.5) is 0 Å². The predicted molar refractivity (Wildman–Crippen MR) is 150 cm³/mol. The third kappa shape index (κ3) is 5.05. The van der Waals surface area contributed by atoms with Crippen LogP contribution in [0.15, 0.2) is 59.4 Å². The van der Waals surface area contributed by atoms with E-state index < -0.39 is 12.2 Å². The number of hydrogen-bond donors (Lipinski definition) is 2. The zero-order valence-electron chi connectivity index (χ0n) is 21.5. The molecule has 0 aliphatic carbocycles. The van der Waals surface area contributed by atoms with E-state index in [9.17, 15) is 24.3 Å². The van der Waals surface area contributed by atoms with Crippen LogP contribution in [-0.4, -0.2) is 65.0 Å². The molecule has 2 amide bonds. The maximum atomic E-state index is 13.8. The first-order valence-corrected chi connectivity index (χ1v) is 13.6. The van der Waals surface area contributed by atoms with Crippen LogP contribution in [0.25, 0.3) is 21.0 Å². The maximum Gasteiger partial charge on any atom is 0.265 e. The van der Waals surface area contributed by atoms with Gasteiger partial charge in [-0.2, -0.15) is 0 Å². The van der Waals surface area contributed by atoms with Gasteiger partial charge in [0.15, 0.2) is 11.5 Å². The SMILES string of the molecule is COc1c(C(=O)NCCC2CCCN2C(=O)CO)sc2c1c(=O)n(CC(=O)c1ccccc1)c1ccccc21. The van der Waals surface area contributed by atoms with E-state index in [1.165, 1.54) is 23.0 Å². The topological polar surface area (TPSA) is 118 Å². The summed E-state index contributed by atoms with van der Waals surface area (Å²) < 4.78 is 7.67. The third-order valence-corrected chi connectivity index (χ3v) is 8.37. The first-order valence-electron chi connectivity index (χ1n) is 12.8. The number of nitrogens with one attached hydrogen (secondary N) is 1. The number of thiophene rings is 1. The molecule has 202 valence electrons. The van der Waals surface area contributed by atoms with Crippen molar-refractivity contribution in [1.82, 2.24) is 14.8 Å². The van der Waals surface area contributed by atoms with Gasteiger partial charge in [-0.15, -0.1) is 11.3 Å². The number of aromatic nitrogens is 1. The van der Waals surface area contributed by atoms with Crippen molar-refractivity contribution in [3.05, 3.63) is 75.4 Å². The average Bonchev–Trinajstić information content (AvgIpc) is 3.60. The number of para-hydroxylation sites is 1. The molecule has 1 fully saturated rings. The largest absolute Gasteiger partial charge is 0.494 e. The Hall–Kier alpha value is -4.02. The molecule has 1 saturated heterocycles. The standard InChI is InChI=1S/C29H29N3O6S/c1-38-25-24-26(39-27(25)28(36)30-14-13-19-10-7-15-31(19)23(35)17-33)20-11-5-6-12-21(20)32(29(24)37)16-22(34)18-8-3-2-4-9-18/h2-6,8-9,11-12,19,33H,7,10,13-17H2,1H3,(H,30,36). The van der Waals surface area contributed by atoms with Crippen molar-refractivity contribution < 1.29 is 24.2 Å². The van der Waals surface area contributed by atoms with Gasteiger partial charge in [0.2, 0.25) is 5.91 Å². The summed E-state index contributed by atoms with van der Waals surface area (Å²) in [4.78, 5) is 54.0. The molecule has 0 bridgehead atoms. The number of benzene rings is 2. The summed E-state index contributed by atoms with van der Waals surface area (Å²) in [6.45, 7) is 0.259. The number of Topliss-reactive ketones (excluding diaryl/α,β-unsaturated/α-hetero) is 1. The number of carbonyl (C=O) groups is 3. The molecule has 0 radical (unpaired) electrons. The lowest BCUT2D eigenvalue weighted by Crippen LogP contribution is -2.39.